The number of nitrogens with one attached hydrogen (secondary N) is 2. The van der Waals surface area contributed by atoms with E-state index in [1.165, 1.54) is 11.6 Å². The van der Waals surface area contributed by atoms with E-state index in [2.05, 4.69) is 33.5 Å². The van der Waals surface area contributed by atoms with Gasteiger partial charge in [-0.2, -0.15) is 0 Å². The fourth-order valence-electron chi connectivity index (χ4n) is 3.18. The van der Waals surface area contributed by atoms with E-state index in [-0.39, 0.29) is 23.8 Å². The van der Waals surface area contributed by atoms with E-state index < -0.39 is 18.5 Å². The molecule has 7 nitrogen and oxygen atoms in total. The first-order valence-electron chi connectivity index (χ1n) is 11.3. The number of carbonyl (C=O) groups is 3. The number of amides is 2. The molecule has 3 aromatic carbocycles. The molecule has 182 valence electrons. The topological polar surface area (TPSA) is 93.7 Å². The molecule has 8 heteroatoms. The number of rotatable bonds is 11. The highest BCUT2D eigenvalue weighted by Gasteiger charge is 2.16. The van der Waals surface area contributed by atoms with Crippen molar-refractivity contribution < 1.29 is 23.9 Å². The lowest BCUT2D eigenvalue weighted by molar-refractivity contribution is -0.119. The maximum Gasteiger partial charge on any atom is 0.342 e. The molecule has 0 saturated heterocycles. The summed E-state index contributed by atoms with van der Waals surface area (Å²) in [6, 6.07) is 21.1. The van der Waals surface area contributed by atoms with Crippen molar-refractivity contribution in [3.63, 3.8) is 0 Å². The van der Waals surface area contributed by atoms with E-state index in [1.807, 2.05) is 24.3 Å². The van der Waals surface area contributed by atoms with Gasteiger partial charge in [0.1, 0.15) is 11.3 Å². The van der Waals surface area contributed by atoms with E-state index in [0.717, 1.165) is 23.7 Å². The van der Waals surface area contributed by atoms with Crippen LogP contribution in [0, 0.1) is 0 Å². The van der Waals surface area contributed by atoms with Crippen molar-refractivity contribution in [3.05, 3.63) is 88.4 Å². The molecular weight excluding hydrogens is 512 g/mol. The molecule has 0 unspecified atom stereocenters. The summed E-state index contributed by atoms with van der Waals surface area (Å²) in [7, 11) is 0. The van der Waals surface area contributed by atoms with Gasteiger partial charge in [0.2, 0.25) is 0 Å². The number of unbranched alkanes of at least 4 members (excludes halogenated alkanes) is 1. The summed E-state index contributed by atoms with van der Waals surface area (Å²) in [5, 5.41) is 5.42. The van der Waals surface area contributed by atoms with Gasteiger partial charge in [-0.15, -0.1) is 0 Å². The third kappa shape index (κ3) is 8.57. The summed E-state index contributed by atoms with van der Waals surface area (Å²) in [5.74, 6) is -1.37. The highest BCUT2D eigenvalue weighted by atomic mass is 79.9. The normalized spacial score (nSPS) is 10.3. The molecule has 0 heterocycles. The number of halogens is 1. The van der Waals surface area contributed by atoms with Gasteiger partial charge in [-0.05, 0) is 66.9 Å². The maximum atomic E-state index is 12.5. The lowest BCUT2D eigenvalue weighted by Gasteiger charge is -2.12. The van der Waals surface area contributed by atoms with Gasteiger partial charge in [-0.25, -0.2) is 4.79 Å². The minimum atomic E-state index is -0.723. The van der Waals surface area contributed by atoms with Crippen LogP contribution in [0.25, 0.3) is 0 Å². The number of para-hydroxylation sites is 1. The molecule has 0 aliphatic rings. The highest BCUT2D eigenvalue weighted by molar-refractivity contribution is 9.10. The lowest BCUT2D eigenvalue weighted by atomic mass is 10.1. The molecule has 3 rings (SSSR count). The predicted molar refractivity (Wildman–Crippen MR) is 139 cm³/mol. The monoisotopic (exact) mass is 538 g/mol. The van der Waals surface area contributed by atoms with Crippen LogP contribution in [0.3, 0.4) is 0 Å². The molecule has 0 radical (unpaired) electrons. The number of ether oxygens (including phenoxy) is 2. The SMILES string of the molecule is CCCCc1ccc(NC(=O)COC(=O)c2ccccc2OCC(=O)Nc2ccc(Br)cc2)cc1. The second-order valence-corrected chi connectivity index (χ2v) is 8.68. The second kappa shape index (κ2) is 13.3. The fourth-order valence-corrected chi connectivity index (χ4v) is 3.44. The van der Waals surface area contributed by atoms with Gasteiger partial charge in [0.05, 0.1) is 0 Å². The van der Waals surface area contributed by atoms with E-state index in [1.54, 1.807) is 42.5 Å². The van der Waals surface area contributed by atoms with Crippen LogP contribution in [0.4, 0.5) is 11.4 Å². The molecule has 2 amide bonds. The molecule has 0 bridgehead atoms. The fraction of sp³-hybridized carbons (Fsp3) is 0.222. The molecule has 0 atom stereocenters. The average Bonchev–Trinajstić information content (AvgIpc) is 2.87. The standard InChI is InChI=1S/C27H27BrN2O5/c1-2-3-6-19-9-13-21(14-10-19)29-26(32)18-35-27(33)23-7-4-5-8-24(23)34-17-25(31)30-22-15-11-20(28)12-16-22/h4-5,7-16H,2-3,6,17-18H2,1H3,(H,29,32)(H,30,31). The van der Waals surface area contributed by atoms with Gasteiger partial charge >= 0.3 is 5.97 Å². The Kier molecular flexibility index (Phi) is 9.86. The van der Waals surface area contributed by atoms with Crippen LogP contribution < -0.4 is 15.4 Å². The van der Waals surface area contributed by atoms with Crippen molar-refractivity contribution in [1.82, 2.24) is 0 Å². The van der Waals surface area contributed by atoms with Crippen LogP contribution in [-0.2, 0) is 20.7 Å². The van der Waals surface area contributed by atoms with Crippen LogP contribution in [0.15, 0.2) is 77.3 Å². The van der Waals surface area contributed by atoms with Crippen molar-refractivity contribution in [2.45, 2.75) is 26.2 Å². The zero-order valence-corrected chi connectivity index (χ0v) is 21.0. The lowest BCUT2D eigenvalue weighted by Crippen LogP contribution is -2.22. The third-order valence-electron chi connectivity index (χ3n) is 4.98. The van der Waals surface area contributed by atoms with Gasteiger partial charge in [-0.3, -0.25) is 9.59 Å². The number of aryl methyl sites for hydroxylation is 1. The summed E-state index contributed by atoms with van der Waals surface area (Å²) >= 11 is 3.34. The summed E-state index contributed by atoms with van der Waals surface area (Å²) in [5.41, 5.74) is 2.58. The minimum absolute atomic E-state index is 0.122. The Morgan fingerprint density at radius 3 is 2.06 bits per heavy atom. The van der Waals surface area contributed by atoms with Gasteiger partial charge in [0.15, 0.2) is 13.2 Å². The van der Waals surface area contributed by atoms with Crippen LogP contribution in [0.1, 0.15) is 35.7 Å². The Morgan fingerprint density at radius 1 is 0.800 bits per heavy atom. The summed E-state index contributed by atoms with van der Waals surface area (Å²) < 4.78 is 11.6. The van der Waals surface area contributed by atoms with E-state index in [4.69, 9.17) is 9.47 Å². The molecule has 0 saturated carbocycles. The first-order chi connectivity index (χ1) is 16.9. The molecular formula is C27H27BrN2O5. The summed E-state index contributed by atoms with van der Waals surface area (Å²) in [6.07, 6.45) is 3.23. The zero-order chi connectivity index (χ0) is 25.0. The smallest absolute Gasteiger partial charge is 0.342 e. The molecule has 0 aromatic heterocycles. The third-order valence-corrected chi connectivity index (χ3v) is 5.51. The second-order valence-electron chi connectivity index (χ2n) is 7.76. The molecule has 0 spiro atoms. The Labute approximate surface area is 213 Å². The van der Waals surface area contributed by atoms with E-state index in [9.17, 15) is 14.4 Å². The number of esters is 1. The molecule has 0 fully saturated rings. The first kappa shape index (κ1) is 26.0. The first-order valence-corrected chi connectivity index (χ1v) is 12.1. The molecule has 0 aliphatic carbocycles. The molecule has 0 aliphatic heterocycles. The number of benzene rings is 3. The van der Waals surface area contributed by atoms with E-state index in [0.29, 0.717) is 11.4 Å². The highest BCUT2D eigenvalue weighted by Crippen LogP contribution is 2.20. The van der Waals surface area contributed by atoms with Crippen molar-refractivity contribution in [1.29, 1.82) is 0 Å². The van der Waals surface area contributed by atoms with Crippen molar-refractivity contribution in [2.75, 3.05) is 23.8 Å². The number of hydrogen-bond acceptors (Lipinski definition) is 5. The van der Waals surface area contributed by atoms with Crippen LogP contribution in [-0.4, -0.2) is 31.0 Å². The zero-order valence-electron chi connectivity index (χ0n) is 19.4. The summed E-state index contributed by atoms with van der Waals surface area (Å²) in [4.78, 5) is 37.0. The van der Waals surface area contributed by atoms with Gasteiger partial charge in [0.25, 0.3) is 11.8 Å². The van der Waals surface area contributed by atoms with Crippen molar-refractivity contribution >= 4 is 45.1 Å². The number of carbonyl (C=O) groups excluding carboxylic acids is 3. The Bertz CT molecular complexity index is 1150. The van der Waals surface area contributed by atoms with Crippen LogP contribution >= 0.6 is 15.9 Å². The number of hydrogen-bond donors (Lipinski definition) is 2. The molecule has 2 N–H and O–H groups in total. The average molecular weight is 539 g/mol. The molecule has 35 heavy (non-hydrogen) atoms. The molecule has 3 aromatic rings. The van der Waals surface area contributed by atoms with Gasteiger partial charge in [0, 0.05) is 15.8 Å². The van der Waals surface area contributed by atoms with Crippen LogP contribution in [0.2, 0.25) is 0 Å². The maximum absolute atomic E-state index is 12.5. The summed E-state index contributed by atoms with van der Waals surface area (Å²) in [6.45, 7) is 1.40. The Balaban J connectivity index is 1.49. The quantitative estimate of drug-likeness (QED) is 0.309. The van der Waals surface area contributed by atoms with E-state index >= 15 is 0 Å². The minimum Gasteiger partial charge on any atom is -0.483 e. The van der Waals surface area contributed by atoms with Gasteiger partial charge in [-0.1, -0.05) is 53.5 Å². The van der Waals surface area contributed by atoms with Gasteiger partial charge < -0.3 is 20.1 Å². The predicted octanol–water partition coefficient (Wildman–Crippen LogP) is 5.60. The Morgan fingerprint density at radius 2 is 1.40 bits per heavy atom. The van der Waals surface area contributed by atoms with Crippen LogP contribution in [0.5, 0.6) is 5.75 Å². The largest absolute Gasteiger partial charge is 0.483 e. The van der Waals surface area contributed by atoms with Crippen molar-refractivity contribution in [3.8, 4) is 5.75 Å². The van der Waals surface area contributed by atoms with Crippen molar-refractivity contribution in [2.24, 2.45) is 0 Å². The Hall–Kier alpha value is -3.65. The number of anilines is 2.